The minimum Gasteiger partial charge on any atom is -0.458 e. The predicted octanol–water partition coefficient (Wildman–Crippen LogP) is 4.67. The molecule has 48 heavy (non-hydrogen) atoms. The second kappa shape index (κ2) is 17.5. The molecule has 2 aromatic carbocycles. The van der Waals surface area contributed by atoms with Gasteiger partial charge in [0.15, 0.2) is 12.7 Å². The van der Waals surface area contributed by atoms with Crippen molar-refractivity contribution in [2.24, 2.45) is 5.92 Å². The first-order chi connectivity index (χ1) is 22.9. The molecule has 1 amide bonds. The van der Waals surface area contributed by atoms with Crippen molar-refractivity contribution in [3.8, 4) is 0 Å². The third-order valence-corrected chi connectivity index (χ3v) is 8.87. The van der Waals surface area contributed by atoms with Crippen LogP contribution in [0.5, 0.6) is 0 Å². The maximum absolute atomic E-state index is 14.5. The van der Waals surface area contributed by atoms with Crippen LogP contribution in [0.4, 0.5) is 4.39 Å². The average Bonchev–Trinajstić information content (AvgIpc) is 3.91. The van der Waals surface area contributed by atoms with Crippen molar-refractivity contribution in [1.82, 2.24) is 10.2 Å². The van der Waals surface area contributed by atoms with Crippen LogP contribution >= 0.6 is 0 Å². The molecule has 2 aliphatic rings. The number of carbonyl (C=O) groups is 4. The van der Waals surface area contributed by atoms with E-state index in [1.165, 1.54) is 38.4 Å². The van der Waals surface area contributed by atoms with Crippen LogP contribution in [-0.4, -0.2) is 86.5 Å². The van der Waals surface area contributed by atoms with E-state index < -0.39 is 54.3 Å². The molecule has 0 spiro atoms. The van der Waals surface area contributed by atoms with E-state index in [-0.39, 0.29) is 25.4 Å². The van der Waals surface area contributed by atoms with Crippen molar-refractivity contribution in [1.29, 1.82) is 0 Å². The Morgan fingerprint density at radius 2 is 1.60 bits per heavy atom. The molecule has 4 rings (SSSR count). The van der Waals surface area contributed by atoms with Crippen LogP contribution < -0.4 is 5.32 Å². The quantitative estimate of drug-likeness (QED) is 0.189. The third-order valence-electron chi connectivity index (χ3n) is 8.87. The lowest BCUT2D eigenvalue weighted by atomic mass is 9.90. The number of esters is 3. The van der Waals surface area contributed by atoms with Crippen LogP contribution in [-0.2, 0) is 51.2 Å². The van der Waals surface area contributed by atoms with Gasteiger partial charge in [-0.3, -0.25) is 9.59 Å². The number of ether oxygens (including phenoxy) is 4. The molecule has 0 aromatic heterocycles. The highest BCUT2D eigenvalue weighted by Crippen LogP contribution is 2.35. The molecule has 1 aliphatic heterocycles. The molecule has 1 aliphatic carbocycles. The van der Waals surface area contributed by atoms with E-state index in [1.54, 1.807) is 0 Å². The fraction of sp³-hybridized carbons (Fsp3) is 0.568. The van der Waals surface area contributed by atoms with Gasteiger partial charge in [-0.15, -0.1) is 0 Å². The van der Waals surface area contributed by atoms with Crippen LogP contribution in [0.3, 0.4) is 0 Å². The summed E-state index contributed by atoms with van der Waals surface area (Å²) in [6.07, 6.45) is 2.63. The molecule has 2 fully saturated rings. The Kier molecular flexibility index (Phi) is 13.5. The van der Waals surface area contributed by atoms with Gasteiger partial charge in [-0.2, -0.15) is 0 Å². The lowest BCUT2D eigenvalue weighted by Crippen LogP contribution is -2.51. The summed E-state index contributed by atoms with van der Waals surface area (Å²) in [5.74, 6) is -2.21. The monoisotopic (exact) mass is 668 g/mol. The van der Waals surface area contributed by atoms with Crippen LogP contribution in [0.15, 0.2) is 54.6 Å². The molecule has 262 valence electrons. The number of hydrogen-bond acceptors (Lipinski definition) is 9. The average molecular weight is 669 g/mol. The molecule has 3 atom stereocenters. The number of carbonyl (C=O) groups excluding carboxylic acids is 4. The smallest absolute Gasteiger partial charge is 0.344 e. The van der Waals surface area contributed by atoms with E-state index in [0.29, 0.717) is 25.6 Å². The van der Waals surface area contributed by atoms with Crippen molar-refractivity contribution < 1.29 is 42.5 Å². The van der Waals surface area contributed by atoms with Crippen molar-refractivity contribution in [3.05, 3.63) is 71.3 Å². The fourth-order valence-electron chi connectivity index (χ4n) is 5.83. The highest BCUT2D eigenvalue weighted by atomic mass is 19.1. The summed E-state index contributed by atoms with van der Waals surface area (Å²) in [4.78, 5) is 54.3. The molecular formula is C37H49FN2O8. The van der Waals surface area contributed by atoms with E-state index in [9.17, 15) is 23.6 Å². The number of rotatable bonds is 17. The maximum atomic E-state index is 14.5. The first-order valence-corrected chi connectivity index (χ1v) is 16.8. The zero-order chi connectivity index (χ0) is 34.7. The van der Waals surface area contributed by atoms with Crippen LogP contribution in [0.1, 0.15) is 75.0 Å². The van der Waals surface area contributed by atoms with E-state index >= 15 is 0 Å². The van der Waals surface area contributed by atoms with E-state index in [1.807, 2.05) is 54.6 Å². The highest BCUT2D eigenvalue weighted by Gasteiger charge is 2.39. The summed E-state index contributed by atoms with van der Waals surface area (Å²) in [6, 6.07) is 15.0. The molecule has 1 saturated heterocycles. The van der Waals surface area contributed by atoms with Crippen molar-refractivity contribution >= 4 is 23.8 Å². The highest BCUT2D eigenvalue weighted by molar-refractivity contribution is 5.89. The SMILES string of the molecule is CN[C@@H](CC(C)(C)F)C(=O)OC(Cc1ccc(C2CCOCC2)cc1)C(=O)N(C)[C@@H](CC1CC1)C(=O)OCC(=O)OCc1ccccc1. The zero-order valence-corrected chi connectivity index (χ0v) is 28.5. The first kappa shape index (κ1) is 37.0. The Balaban J connectivity index is 1.47. The number of nitrogens with zero attached hydrogens (tertiary/aromatic N) is 1. The standard InChI is InChI=1S/C37H49FN2O8/c1-37(2,38)22-30(39-3)35(43)48-32(21-26-12-14-28(15-13-26)29-16-18-45-19-17-29)34(42)40(4)31(20-25-10-11-25)36(44)47-24-33(41)46-23-27-8-6-5-7-9-27/h5-9,12-15,25,29-32,39H,10-11,16-24H2,1-4H3/t30-,31-,32?/m0/s1. The van der Waals surface area contributed by atoms with E-state index in [2.05, 4.69) is 5.32 Å². The van der Waals surface area contributed by atoms with Gasteiger partial charge in [0, 0.05) is 33.1 Å². The number of amides is 1. The van der Waals surface area contributed by atoms with Crippen LogP contribution in [0.25, 0.3) is 0 Å². The minimum absolute atomic E-state index is 0.0391. The normalized spacial score (nSPS) is 17.1. The summed E-state index contributed by atoms with van der Waals surface area (Å²) >= 11 is 0. The molecule has 0 radical (unpaired) electrons. The van der Waals surface area contributed by atoms with Gasteiger partial charge in [-0.1, -0.05) is 67.4 Å². The molecule has 1 heterocycles. The molecule has 2 aromatic rings. The third kappa shape index (κ3) is 11.7. The second-order valence-electron chi connectivity index (χ2n) is 13.4. The Hall–Kier alpha value is -3.83. The van der Waals surface area contributed by atoms with Gasteiger partial charge in [0.25, 0.3) is 5.91 Å². The van der Waals surface area contributed by atoms with Gasteiger partial charge in [0.2, 0.25) is 0 Å². The molecule has 0 bridgehead atoms. The predicted molar refractivity (Wildman–Crippen MR) is 177 cm³/mol. The summed E-state index contributed by atoms with van der Waals surface area (Å²) in [5, 5.41) is 2.80. The molecule has 11 heteroatoms. The number of halogens is 1. The lowest BCUT2D eigenvalue weighted by Gasteiger charge is -2.31. The fourth-order valence-corrected chi connectivity index (χ4v) is 5.83. The van der Waals surface area contributed by atoms with Gasteiger partial charge in [-0.05, 0) is 68.7 Å². The number of nitrogens with one attached hydrogen (secondary N) is 1. The van der Waals surface area contributed by atoms with Gasteiger partial charge >= 0.3 is 17.9 Å². The minimum atomic E-state index is -1.66. The summed E-state index contributed by atoms with van der Waals surface area (Å²) in [6.45, 7) is 3.60. The Morgan fingerprint density at radius 3 is 2.21 bits per heavy atom. The van der Waals surface area contributed by atoms with Gasteiger partial charge in [0.1, 0.15) is 24.4 Å². The van der Waals surface area contributed by atoms with Gasteiger partial charge in [0.05, 0.1) is 0 Å². The Morgan fingerprint density at radius 1 is 0.938 bits per heavy atom. The van der Waals surface area contributed by atoms with Crippen LogP contribution in [0.2, 0.25) is 0 Å². The zero-order valence-electron chi connectivity index (χ0n) is 28.5. The molecular weight excluding hydrogens is 619 g/mol. The van der Waals surface area contributed by atoms with E-state index in [0.717, 1.165) is 36.8 Å². The van der Waals surface area contributed by atoms with Gasteiger partial charge in [-0.25, -0.2) is 14.0 Å². The molecule has 1 unspecified atom stereocenters. The second-order valence-corrected chi connectivity index (χ2v) is 13.4. The number of likely N-dealkylation sites (N-methyl/N-ethyl adjacent to an activating group) is 2. The number of hydrogen-bond donors (Lipinski definition) is 1. The van der Waals surface area contributed by atoms with E-state index in [4.69, 9.17) is 18.9 Å². The Bertz CT molecular complexity index is 1350. The Labute approximate surface area is 282 Å². The molecule has 1 N–H and O–H groups in total. The molecule has 10 nitrogen and oxygen atoms in total. The van der Waals surface area contributed by atoms with Crippen molar-refractivity contribution in [2.45, 2.75) is 95.2 Å². The topological polar surface area (TPSA) is 120 Å². The first-order valence-electron chi connectivity index (χ1n) is 16.8. The number of benzene rings is 2. The van der Waals surface area contributed by atoms with Gasteiger partial charge < -0.3 is 29.2 Å². The maximum Gasteiger partial charge on any atom is 0.344 e. The van der Waals surface area contributed by atoms with Crippen molar-refractivity contribution in [3.63, 3.8) is 0 Å². The number of alkyl halides is 1. The molecule has 1 saturated carbocycles. The summed E-state index contributed by atoms with van der Waals surface area (Å²) < 4.78 is 36.4. The van der Waals surface area contributed by atoms with Crippen LogP contribution in [0, 0.1) is 5.92 Å². The largest absolute Gasteiger partial charge is 0.458 e. The lowest BCUT2D eigenvalue weighted by molar-refractivity contribution is -0.169. The van der Waals surface area contributed by atoms with Crippen molar-refractivity contribution in [2.75, 3.05) is 33.9 Å². The summed E-state index contributed by atoms with van der Waals surface area (Å²) in [5.41, 5.74) is 1.07. The summed E-state index contributed by atoms with van der Waals surface area (Å²) in [7, 11) is 3.00.